The lowest BCUT2D eigenvalue weighted by molar-refractivity contribution is -0.142. The highest BCUT2D eigenvalue weighted by Crippen LogP contribution is 2.48. The quantitative estimate of drug-likeness (QED) is 0.0352. The van der Waals surface area contributed by atoms with E-state index < -0.39 is 41.0 Å². The number of thioether (sulfide) groups is 2. The molecule has 0 spiro atoms. The molecule has 4 aliphatic rings. The fourth-order valence-electron chi connectivity index (χ4n) is 10.1. The molecule has 4 amide bonds. The standard InChI is InChI=1S/C52H80N8O6S4/c1-9-10-14-19-34(2)39(57-48(62)45-51(3,4)28-43-59(45)42(61)27-35(33-70-43)26-38(55-8)47(53)68)31-65-23-17-11-12-18-24-66-32-40(36-20-15-13-16-21-36)58-49(63)46-52(5,6)29-44-60(46)50(64)37(22-25-69-44)56-41(67)30-54-7/h9-10,13-16,19-21,35,37-40,43-46,54-55H,2,11-12,17-18,22-33H2,1,3-8H3,(H2,53,68)(H,56,67)(H,57,62)(H,58,63)/b10-9-,19-14-/t35?,37-,38-,39+,40+,43-,44-,45+,46+/m0/s1. The topological polar surface area (TPSA) is 179 Å². The van der Waals surface area contributed by atoms with E-state index in [0.29, 0.717) is 67.6 Å². The molecule has 4 saturated heterocycles. The van der Waals surface area contributed by atoms with Gasteiger partial charge in [0.25, 0.3) is 0 Å². The van der Waals surface area contributed by atoms with Gasteiger partial charge in [0.05, 0.1) is 52.1 Å². The fraction of sp³-hybridized carbons (Fsp3) is 0.654. The highest BCUT2D eigenvalue weighted by atomic mass is 32.2. The van der Waals surface area contributed by atoms with Crippen LogP contribution in [0.2, 0.25) is 0 Å². The van der Waals surface area contributed by atoms with Gasteiger partial charge in [-0.3, -0.25) is 19.2 Å². The Morgan fingerprint density at radius 1 is 0.886 bits per heavy atom. The van der Waals surface area contributed by atoms with Gasteiger partial charge in [0.15, 0.2) is 0 Å². The summed E-state index contributed by atoms with van der Waals surface area (Å²) in [5.74, 6) is 1.20. The smallest absolute Gasteiger partial charge is 0.246 e. The Balaban J connectivity index is 1.10. The molecule has 0 radical (unpaired) electrons. The maximum absolute atomic E-state index is 14.4. The Kier molecular flexibility index (Phi) is 22.7. The Morgan fingerprint density at radius 2 is 1.51 bits per heavy atom. The van der Waals surface area contributed by atoms with Crippen LogP contribution in [0.15, 0.2) is 66.8 Å². The molecule has 70 heavy (non-hydrogen) atoms. The number of carbonyl (C=O) groups is 4. The number of benzene rings is 1. The fourth-order valence-corrected chi connectivity index (χ4v) is 13.9. The molecule has 0 aliphatic carbocycles. The van der Waals surface area contributed by atoms with E-state index in [-0.39, 0.29) is 52.9 Å². The van der Waals surface area contributed by atoms with Crippen molar-refractivity contribution in [2.24, 2.45) is 22.5 Å². The summed E-state index contributed by atoms with van der Waals surface area (Å²) in [5, 5.41) is 15.8. The number of likely N-dealkylation sites (N-methyl/N-ethyl adjacent to an activating group) is 2. The molecule has 1 unspecified atom stereocenters. The van der Waals surface area contributed by atoms with E-state index in [1.54, 1.807) is 23.5 Å². The number of amides is 4. The van der Waals surface area contributed by atoms with E-state index in [9.17, 15) is 19.2 Å². The number of nitrogens with two attached hydrogens (primary N) is 1. The first-order valence-corrected chi connectivity index (χ1v) is 27.9. The average Bonchev–Trinajstić information content (AvgIpc) is 3.63. The molecule has 7 N–H and O–H groups in total. The molecule has 388 valence electrons. The molecular weight excluding hydrogens is 961 g/mol. The molecule has 0 bridgehead atoms. The zero-order chi connectivity index (χ0) is 51.0. The number of unbranched alkanes of at least 4 members (excludes halogenated alkanes) is 3. The first-order chi connectivity index (χ1) is 33.4. The molecule has 1 aromatic carbocycles. The van der Waals surface area contributed by atoms with Gasteiger partial charge in [-0.2, -0.15) is 0 Å². The number of hydrogen-bond donors (Lipinski definition) is 6. The molecule has 0 aromatic heterocycles. The van der Waals surface area contributed by atoms with Gasteiger partial charge in [-0.05, 0) is 98.9 Å². The number of ether oxygens (including phenoxy) is 2. The number of nitrogens with one attached hydrogen (secondary N) is 5. The average molecular weight is 1040 g/mol. The summed E-state index contributed by atoms with van der Waals surface area (Å²) >= 11 is 14.2. The van der Waals surface area contributed by atoms with Crippen LogP contribution in [0.1, 0.15) is 104 Å². The third-order valence-corrected chi connectivity index (χ3v) is 17.1. The lowest BCUT2D eigenvalue weighted by atomic mass is 9.83. The van der Waals surface area contributed by atoms with E-state index >= 15 is 0 Å². The monoisotopic (exact) mass is 1040 g/mol. The highest BCUT2D eigenvalue weighted by molar-refractivity contribution is 8.00. The van der Waals surface area contributed by atoms with E-state index in [1.165, 1.54) is 0 Å². The van der Waals surface area contributed by atoms with Gasteiger partial charge in [0.2, 0.25) is 23.6 Å². The molecule has 4 aliphatic heterocycles. The van der Waals surface area contributed by atoms with Crippen molar-refractivity contribution in [1.82, 2.24) is 36.4 Å². The molecule has 18 heteroatoms. The molecule has 5 rings (SSSR count). The lowest BCUT2D eigenvalue weighted by Gasteiger charge is -2.35. The minimum atomic E-state index is -0.643. The second kappa shape index (κ2) is 27.6. The minimum Gasteiger partial charge on any atom is -0.392 e. The summed E-state index contributed by atoms with van der Waals surface area (Å²) in [6, 6.07) is 7.07. The number of fused-ring (bicyclic) bond motifs is 2. The normalized spacial score (nSPS) is 25.4. The predicted molar refractivity (Wildman–Crippen MR) is 293 cm³/mol. The largest absolute Gasteiger partial charge is 0.392 e. The minimum absolute atomic E-state index is 0.0159. The van der Waals surface area contributed by atoms with Crippen LogP contribution in [0.25, 0.3) is 0 Å². The molecule has 9 atom stereocenters. The molecule has 14 nitrogen and oxygen atoms in total. The Bertz CT molecular complexity index is 2020. The summed E-state index contributed by atoms with van der Waals surface area (Å²) in [6.45, 7) is 16.6. The SMILES string of the molecule is C=C(/C=C\C=C/C)[C@@H](COCCCCCCOC[C@@H](NC(=O)[C@H]1N2C(=O)[C@@H](NC(=S)CNC)CCS[C@H]2CC1(C)C)c1ccccc1)NC(=O)[C@H]1N2C(=O)CC(C[C@H](NC)C(N)=S)CS[C@H]2CC1(C)C. The summed E-state index contributed by atoms with van der Waals surface area (Å²) in [4.78, 5) is 61.3. The van der Waals surface area contributed by atoms with Crippen LogP contribution in [0.4, 0.5) is 0 Å². The van der Waals surface area contributed by atoms with Gasteiger partial charge in [-0.15, -0.1) is 23.5 Å². The van der Waals surface area contributed by atoms with Crippen molar-refractivity contribution in [3.05, 3.63) is 72.4 Å². The van der Waals surface area contributed by atoms with Crippen molar-refractivity contribution in [2.75, 3.05) is 58.6 Å². The molecule has 0 saturated carbocycles. The number of allylic oxidation sites excluding steroid dienone is 3. The first-order valence-electron chi connectivity index (χ1n) is 25.0. The maximum atomic E-state index is 14.4. The van der Waals surface area contributed by atoms with Gasteiger partial charge < -0.3 is 51.6 Å². The van der Waals surface area contributed by atoms with Gasteiger partial charge in [0.1, 0.15) is 18.1 Å². The van der Waals surface area contributed by atoms with Crippen molar-refractivity contribution in [3.8, 4) is 0 Å². The van der Waals surface area contributed by atoms with E-state index in [1.807, 2.05) is 85.5 Å². The van der Waals surface area contributed by atoms with Crippen LogP contribution in [-0.2, 0) is 28.7 Å². The Labute approximate surface area is 437 Å². The second-order valence-corrected chi connectivity index (χ2v) is 23.9. The number of hydrogen-bond acceptors (Lipinski definition) is 12. The van der Waals surface area contributed by atoms with Gasteiger partial charge in [-0.1, -0.05) is 126 Å². The molecule has 4 fully saturated rings. The van der Waals surface area contributed by atoms with Crippen molar-refractivity contribution in [2.45, 2.75) is 139 Å². The van der Waals surface area contributed by atoms with Crippen LogP contribution < -0.4 is 32.3 Å². The van der Waals surface area contributed by atoms with Crippen molar-refractivity contribution >= 4 is 81.6 Å². The second-order valence-electron chi connectivity index (χ2n) is 20.4. The van der Waals surface area contributed by atoms with Gasteiger partial charge in [0, 0.05) is 26.2 Å². The van der Waals surface area contributed by atoms with E-state index in [0.717, 1.165) is 49.2 Å². The summed E-state index contributed by atoms with van der Waals surface area (Å²) in [6.07, 6.45) is 14.2. The van der Waals surface area contributed by atoms with Crippen molar-refractivity contribution < 1.29 is 28.7 Å². The molecular formula is C52H80N8O6S4. The van der Waals surface area contributed by atoms with Gasteiger partial charge >= 0.3 is 0 Å². The van der Waals surface area contributed by atoms with Crippen molar-refractivity contribution in [3.63, 3.8) is 0 Å². The van der Waals surface area contributed by atoms with Crippen LogP contribution in [0.5, 0.6) is 0 Å². The predicted octanol–water partition coefficient (Wildman–Crippen LogP) is 6.18. The third-order valence-electron chi connectivity index (χ3n) is 13.8. The van der Waals surface area contributed by atoms with Crippen molar-refractivity contribution in [1.29, 1.82) is 0 Å². The van der Waals surface area contributed by atoms with Crippen LogP contribution in [0.3, 0.4) is 0 Å². The maximum Gasteiger partial charge on any atom is 0.246 e. The van der Waals surface area contributed by atoms with Gasteiger partial charge in [-0.25, -0.2) is 0 Å². The molecule has 1 aromatic rings. The summed E-state index contributed by atoms with van der Waals surface area (Å²) in [5.41, 5.74) is 6.75. The number of rotatable bonds is 26. The lowest BCUT2D eigenvalue weighted by Crippen LogP contribution is -2.57. The van der Waals surface area contributed by atoms with Crippen LogP contribution >= 0.6 is 48.0 Å². The van der Waals surface area contributed by atoms with Crippen LogP contribution in [-0.4, -0.2) is 143 Å². The highest BCUT2D eigenvalue weighted by Gasteiger charge is 2.55. The van der Waals surface area contributed by atoms with E-state index in [4.69, 9.17) is 39.6 Å². The zero-order valence-corrected chi connectivity index (χ0v) is 45.7. The third kappa shape index (κ3) is 15.8. The number of nitrogens with zero attached hydrogens (tertiary/aromatic N) is 2. The zero-order valence-electron chi connectivity index (χ0n) is 42.5. The summed E-state index contributed by atoms with van der Waals surface area (Å²) < 4.78 is 12.4. The Hall–Kier alpha value is -3.36. The number of thiocarbonyl (C=S) groups is 2. The number of carbonyl (C=O) groups excluding carboxylic acids is 4. The molecule has 4 heterocycles. The Morgan fingerprint density at radius 3 is 2.14 bits per heavy atom. The first kappa shape index (κ1) is 57.5. The summed E-state index contributed by atoms with van der Waals surface area (Å²) in [7, 11) is 3.65. The van der Waals surface area contributed by atoms with Crippen LogP contribution in [0, 0.1) is 16.7 Å². The van der Waals surface area contributed by atoms with E-state index in [2.05, 4.69) is 60.9 Å².